The van der Waals surface area contributed by atoms with Crippen molar-refractivity contribution in [3.63, 3.8) is 0 Å². The molecule has 1 atom stereocenters. The highest BCUT2D eigenvalue weighted by molar-refractivity contribution is 7.88. The van der Waals surface area contributed by atoms with Gasteiger partial charge in [0.05, 0.1) is 18.0 Å². The summed E-state index contributed by atoms with van der Waals surface area (Å²) in [6, 6.07) is 6.07. The van der Waals surface area contributed by atoms with Crippen LogP contribution in [0.5, 0.6) is 0 Å². The van der Waals surface area contributed by atoms with Crippen molar-refractivity contribution in [2.45, 2.75) is 6.04 Å². The third-order valence-electron chi connectivity index (χ3n) is 1.98. The van der Waals surface area contributed by atoms with Crippen LogP contribution in [-0.2, 0) is 10.0 Å². The molecule has 0 radical (unpaired) electrons. The molecule has 80 valence electrons. The van der Waals surface area contributed by atoms with E-state index in [4.69, 9.17) is 5.26 Å². The summed E-state index contributed by atoms with van der Waals surface area (Å²) in [5.41, 5.74) is 0.424. The van der Waals surface area contributed by atoms with Gasteiger partial charge in [0, 0.05) is 13.2 Å². The van der Waals surface area contributed by atoms with Crippen molar-refractivity contribution >= 4 is 10.0 Å². The van der Waals surface area contributed by atoms with Gasteiger partial charge in [-0.3, -0.25) is 4.98 Å². The maximum Gasteiger partial charge on any atom is 0.212 e. The molecule has 1 aromatic heterocycles. The number of nitriles is 1. The van der Waals surface area contributed by atoms with E-state index in [0.717, 1.165) is 10.6 Å². The average Bonchev–Trinajstić information content (AvgIpc) is 2.19. The summed E-state index contributed by atoms with van der Waals surface area (Å²) in [7, 11) is -2.03. The summed E-state index contributed by atoms with van der Waals surface area (Å²) >= 11 is 0. The number of rotatable bonds is 3. The first-order valence-electron chi connectivity index (χ1n) is 4.20. The van der Waals surface area contributed by atoms with E-state index in [2.05, 4.69) is 4.98 Å². The highest BCUT2D eigenvalue weighted by Gasteiger charge is 2.24. The predicted molar refractivity (Wildman–Crippen MR) is 55.2 cm³/mol. The Morgan fingerprint density at radius 2 is 2.20 bits per heavy atom. The van der Waals surface area contributed by atoms with Crippen LogP contribution >= 0.6 is 0 Å². The number of aromatic nitrogens is 1. The predicted octanol–water partition coefficient (Wildman–Crippen LogP) is 0.538. The Balaban J connectivity index is 3.08. The van der Waals surface area contributed by atoms with E-state index in [1.807, 2.05) is 6.07 Å². The minimum Gasteiger partial charge on any atom is -0.258 e. The van der Waals surface area contributed by atoms with Gasteiger partial charge in [0.15, 0.2) is 6.04 Å². The lowest BCUT2D eigenvalue weighted by Crippen LogP contribution is -2.29. The van der Waals surface area contributed by atoms with Gasteiger partial charge >= 0.3 is 0 Å². The van der Waals surface area contributed by atoms with E-state index < -0.39 is 16.1 Å². The van der Waals surface area contributed by atoms with Gasteiger partial charge in [0.1, 0.15) is 0 Å². The van der Waals surface area contributed by atoms with Gasteiger partial charge in [0.2, 0.25) is 10.0 Å². The van der Waals surface area contributed by atoms with Gasteiger partial charge in [-0.1, -0.05) is 6.07 Å². The molecule has 0 aliphatic rings. The van der Waals surface area contributed by atoms with Gasteiger partial charge in [-0.2, -0.15) is 9.57 Å². The lowest BCUT2D eigenvalue weighted by molar-refractivity contribution is 0.431. The summed E-state index contributed by atoms with van der Waals surface area (Å²) < 4.78 is 23.5. The zero-order valence-electron chi connectivity index (χ0n) is 8.45. The maximum atomic E-state index is 11.3. The van der Waals surface area contributed by atoms with E-state index in [1.165, 1.54) is 13.2 Å². The smallest absolute Gasteiger partial charge is 0.212 e. The third-order valence-corrected chi connectivity index (χ3v) is 3.23. The standard InChI is InChI=1S/C9H11N3O2S/c1-12(15(2,13)14)9(7-10)8-5-3-4-6-11-8/h3-6,9H,1-2H3. The highest BCUT2D eigenvalue weighted by atomic mass is 32.2. The van der Waals surface area contributed by atoms with Crippen LogP contribution in [0.3, 0.4) is 0 Å². The molecule has 0 saturated heterocycles. The summed E-state index contributed by atoms with van der Waals surface area (Å²) in [4.78, 5) is 3.96. The number of sulfonamides is 1. The van der Waals surface area contributed by atoms with Crippen LogP contribution in [-0.4, -0.2) is 31.0 Å². The fraction of sp³-hybridized carbons (Fsp3) is 0.333. The minimum absolute atomic E-state index is 0.424. The van der Waals surface area contributed by atoms with Gasteiger partial charge in [-0.25, -0.2) is 8.42 Å². The van der Waals surface area contributed by atoms with E-state index in [-0.39, 0.29) is 0 Å². The number of nitrogens with zero attached hydrogens (tertiary/aromatic N) is 3. The Morgan fingerprint density at radius 3 is 2.60 bits per heavy atom. The monoisotopic (exact) mass is 225 g/mol. The molecule has 0 spiro atoms. The first-order chi connectivity index (χ1) is 6.96. The van der Waals surface area contributed by atoms with Gasteiger partial charge in [-0.15, -0.1) is 0 Å². The maximum absolute atomic E-state index is 11.3. The van der Waals surface area contributed by atoms with Crippen molar-refractivity contribution in [2.24, 2.45) is 0 Å². The van der Waals surface area contributed by atoms with E-state index >= 15 is 0 Å². The Morgan fingerprint density at radius 1 is 1.53 bits per heavy atom. The van der Waals surface area contributed by atoms with Crippen molar-refractivity contribution in [3.05, 3.63) is 30.1 Å². The second-order valence-corrected chi connectivity index (χ2v) is 5.11. The molecule has 0 bridgehead atoms. The molecule has 0 aliphatic heterocycles. The number of pyridine rings is 1. The van der Waals surface area contributed by atoms with E-state index in [1.54, 1.807) is 18.2 Å². The summed E-state index contributed by atoms with van der Waals surface area (Å²) in [5.74, 6) is 0. The van der Waals surface area contributed by atoms with Crippen molar-refractivity contribution in [1.29, 1.82) is 5.26 Å². The van der Waals surface area contributed by atoms with E-state index in [9.17, 15) is 8.42 Å². The second-order valence-electron chi connectivity index (χ2n) is 3.07. The van der Waals surface area contributed by atoms with Crippen LogP contribution in [0.1, 0.15) is 11.7 Å². The van der Waals surface area contributed by atoms with Crippen LogP contribution in [0.4, 0.5) is 0 Å². The van der Waals surface area contributed by atoms with Crippen LogP contribution in [0.25, 0.3) is 0 Å². The number of hydrogen-bond acceptors (Lipinski definition) is 4. The molecule has 0 aliphatic carbocycles. The fourth-order valence-corrected chi connectivity index (χ4v) is 1.60. The van der Waals surface area contributed by atoms with Gasteiger partial charge in [0.25, 0.3) is 0 Å². The first kappa shape index (κ1) is 11.6. The van der Waals surface area contributed by atoms with Gasteiger partial charge in [-0.05, 0) is 12.1 Å². The molecule has 6 heteroatoms. The van der Waals surface area contributed by atoms with Crippen LogP contribution in [0, 0.1) is 11.3 Å². The molecule has 0 amide bonds. The molecular weight excluding hydrogens is 214 g/mol. The molecule has 0 aromatic carbocycles. The molecule has 1 aromatic rings. The minimum atomic E-state index is -3.39. The zero-order valence-corrected chi connectivity index (χ0v) is 9.27. The van der Waals surface area contributed by atoms with E-state index in [0.29, 0.717) is 5.69 Å². The molecule has 1 unspecified atom stereocenters. The molecular formula is C9H11N3O2S. The lowest BCUT2D eigenvalue weighted by Gasteiger charge is -2.19. The Hall–Kier alpha value is -1.45. The topological polar surface area (TPSA) is 74.1 Å². The summed E-state index contributed by atoms with van der Waals surface area (Å²) in [6.45, 7) is 0. The highest BCUT2D eigenvalue weighted by Crippen LogP contribution is 2.17. The van der Waals surface area contributed by atoms with Crippen molar-refractivity contribution < 1.29 is 8.42 Å². The summed E-state index contributed by atoms with van der Waals surface area (Å²) in [6.07, 6.45) is 2.58. The molecule has 0 fully saturated rings. The Labute approximate surface area is 89.0 Å². The zero-order chi connectivity index (χ0) is 11.5. The van der Waals surface area contributed by atoms with Crippen molar-refractivity contribution in [1.82, 2.24) is 9.29 Å². The second kappa shape index (κ2) is 4.38. The first-order valence-corrected chi connectivity index (χ1v) is 6.05. The SMILES string of the molecule is CN(C(C#N)c1ccccn1)S(C)(=O)=O. The number of hydrogen-bond donors (Lipinski definition) is 0. The Bertz CT molecular complexity index is 464. The molecule has 15 heavy (non-hydrogen) atoms. The largest absolute Gasteiger partial charge is 0.258 e. The van der Waals surface area contributed by atoms with Crippen LogP contribution in [0.15, 0.2) is 24.4 Å². The van der Waals surface area contributed by atoms with Crippen LogP contribution < -0.4 is 0 Å². The molecule has 5 nitrogen and oxygen atoms in total. The fourth-order valence-electron chi connectivity index (χ4n) is 1.06. The lowest BCUT2D eigenvalue weighted by atomic mass is 10.2. The average molecular weight is 225 g/mol. The van der Waals surface area contributed by atoms with Crippen LogP contribution in [0.2, 0.25) is 0 Å². The molecule has 0 saturated carbocycles. The molecule has 1 rings (SSSR count). The molecule has 0 N–H and O–H groups in total. The quantitative estimate of drug-likeness (QED) is 0.752. The summed E-state index contributed by atoms with van der Waals surface area (Å²) in [5, 5.41) is 8.92. The third kappa shape index (κ3) is 2.75. The molecule has 1 heterocycles. The van der Waals surface area contributed by atoms with Gasteiger partial charge < -0.3 is 0 Å². The van der Waals surface area contributed by atoms with Crippen molar-refractivity contribution in [3.8, 4) is 6.07 Å². The van der Waals surface area contributed by atoms with Crippen molar-refractivity contribution in [2.75, 3.05) is 13.3 Å². The Kier molecular flexibility index (Phi) is 3.39. The normalized spacial score (nSPS) is 13.5.